The van der Waals surface area contributed by atoms with Crippen LogP contribution in [0.5, 0.6) is 0 Å². The Kier molecular flexibility index (Phi) is 3.85. The third-order valence-corrected chi connectivity index (χ3v) is 4.09. The summed E-state index contributed by atoms with van der Waals surface area (Å²) in [4.78, 5) is 11.9. The summed E-state index contributed by atoms with van der Waals surface area (Å²) in [6.45, 7) is 2.48. The van der Waals surface area contributed by atoms with Gasteiger partial charge in [-0.2, -0.15) is 0 Å². The number of nitrogens with one attached hydrogen (secondary N) is 1. The normalized spacial score (nSPS) is 34.0. The van der Waals surface area contributed by atoms with Gasteiger partial charge in [0, 0.05) is 12.5 Å². The van der Waals surface area contributed by atoms with Crippen molar-refractivity contribution in [3.05, 3.63) is 0 Å². The molecule has 2 fully saturated rings. The quantitative estimate of drug-likeness (QED) is 0.748. The summed E-state index contributed by atoms with van der Waals surface area (Å²) in [5.74, 6) is 1.79. The van der Waals surface area contributed by atoms with Crippen LogP contribution in [0.15, 0.2) is 0 Å². The van der Waals surface area contributed by atoms with Gasteiger partial charge in [0.1, 0.15) is 0 Å². The lowest BCUT2D eigenvalue weighted by molar-refractivity contribution is -0.123. The van der Waals surface area contributed by atoms with Crippen LogP contribution in [-0.4, -0.2) is 23.7 Å². The zero-order valence-electron chi connectivity index (χ0n) is 10.1. The zero-order valence-corrected chi connectivity index (χ0v) is 10.1. The van der Waals surface area contributed by atoms with Gasteiger partial charge in [0.25, 0.3) is 0 Å². The first-order valence-electron chi connectivity index (χ1n) is 6.69. The maximum Gasteiger partial charge on any atom is 0.223 e. The van der Waals surface area contributed by atoms with Crippen molar-refractivity contribution in [2.45, 2.75) is 51.6 Å². The van der Waals surface area contributed by atoms with E-state index in [4.69, 9.17) is 0 Å². The molecule has 0 aromatic heterocycles. The minimum absolute atomic E-state index is 0.187. The Morgan fingerprint density at radius 2 is 2.00 bits per heavy atom. The third kappa shape index (κ3) is 2.57. The highest BCUT2D eigenvalue weighted by Crippen LogP contribution is 2.55. The van der Waals surface area contributed by atoms with Gasteiger partial charge in [0.2, 0.25) is 5.91 Å². The number of amides is 1. The van der Waals surface area contributed by atoms with Crippen molar-refractivity contribution in [1.82, 2.24) is 5.32 Å². The van der Waals surface area contributed by atoms with E-state index in [-0.39, 0.29) is 17.9 Å². The van der Waals surface area contributed by atoms with Crippen molar-refractivity contribution >= 4 is 5.91 Å². The Hall–Kier alpha value is -0.570. The number of aliphatic hydroxyl groups excluding tert-OH is 1. The summed E-state index contributed by atoms with van der Waals surface area (Å²) in [5, 5.41) is 12.4. The fourth-order valence-corrected chi connectivity index (χ4v) is 3.15. The molecule has 3 atom stereocenters. The van der Waals surface area contributed by atoms with Crippen LogP contribution in [0.1, 0.15) is 45.4 Å². The van der Waals surface area contributed by atoms with Crippen LogP contribution >= 0.6 is 0 Å². The molecule has 3 heteroatoms. The first-order chi connectivity index (χ1) is 7.74. The third-order valence-electron chi connectivity index (χ3n) is 4.09. The Bertz CT molecular complexity index is 242. The van der Waals surface area contributed by atoms with Gasteiger partial charge in [-0.1, -0.05) is 26.2 Å². The largest absolute Gasteiger partial charge is 0.391 e. The standard InChI is InChI=1S/C13H23NO2/c1-2-5-9(15)8-14-13(16)12-10-6-3-4-7-11(10)12/h9-12,15H,2-8H2,1H3,(H,14,16). The van der Waals surface area contributed by atoms with Crippen molar-refractivity contribution in [2.24, 2.45) is 17.8 Å². The number of hydrogen-bond acceptors (Lipinski definition) is 2. The highest BCUT2D eigenvalue weighted by Gasteiger charge is 2.54. The van der Waals surface area contributed by atoms with E-state index in [0.29, 0.717) is 18.4 Å². The Balaban J connectivity index is 1.69. The molecule has 2 rings (SSSR count). The van der Waals surface area contributed by atoms with Crippen molar-refractivity contribution in [2.75, 3.05) is 6.54 Å². The topological polar surface area (TPSA) is 49.3 Å². The van der Waals surface area contributed by atoms with E-state index in [1.54, 1.807) is 0 Å². The smallest absolute Gasteiger partial charge is 0.223 e. The van der Waals surface area contributed by atoms with Crippen LogP contribution in [0, 0.1) is 17.8 Å². The van der Waals surface area contributed by atoms with Gasteiger partial charge in [-0.3, -0.25) is 4.79 Å². The lowest BCUT2D eigenvalue weighted by Crippen LogP contribution is -2.33. The molecule has 16 heavy (non-hydrogen) atoms. The van der Waals surface area contributed by atoms with Gasteiger partial charge in [-0.15, -0.1) is 0 Å². The number of fused-ring (bicyclic) bond motifs is 1. The van der Waals surface area contributed by atoms with E-state index in [2.05, 4.69) is 5.32 Å². The van der Waals surface area contributed by atoms with E-state index in [9.17, 15) is 9.90 Å². The molecule has 3 nitrogen and oxygen atoms in total. The summed E-state index contributed by atoms with van der Waals surface area (Å²) in [5.41, 5.74) is 0. The molecule has 2 saturated carbocycles. The van der Waals surface area contributed by atoms with Crippen LogP contribution in [0.3, 0.4) is 0 Å². The number of hydrogen-bond donors (Lipinski definition) is 2. The van der Waals surface area contributed by atoms with E-state index in [1.165, 1.54) is 25.7 Å². The van der Waals surface area contributed by atoms with Crippen molar-refractivity contribution in [3.8, 4) is 0 Å². The molecule has 2 aliphatic rings. The number of rotatable bonds is 5. The zero-order chi connectivity index (χ0) is 11.5. The second-order valence-corrected chi connectivity index (χ2v) is 5.33. The monoisotopic (exact) mass is 225 g/mol. The minimum Gasteiger partial charge on any atom is -0.391 e. The van der Waals surface area contributed by atoms with Crippen LogP contribution in [0.4, 0.5) is 0 Å². The van der Waals surface area contributed by atoms with Gasteiger partial charge in [0.05, 0.1) is 6.10 Å². The molecule has 0 aliphatic heterocycles. The van der Waals surface area contributed by atoms with Gasteiger partial charge in [-0.05, 0) is 31.1 Å². The molecular formula is C13H23NO2. The molecule has 0 saturated heterocycles. The van der Waals surface area contributed by atoms with Crippen molar-refractivity contribution in [1.29, 1.82) is 0 Å². The van der Waals surface area contributed by atoms with E-state index in [1.807, 2.05) is 6.92 Å². The average molecular weight is 225 g/mol. The average Bonchev–Trinajstić information content (AvgIpc) is 3.00. The first kappa shape index (κ1) is 11.9. The molecule has 92 valence electrons. The molecule has 3 unspecified atom stereocenters. The lowest BCUT2D eigenvalue weighted by atomic mass is 10.0. The van der Waals surface area contributed by atoms with E-state index < -0.39 is 0 Å². The van der Waals surface area contributed by atoms with E-state index in [0.717, 1.165) is 12.8 Å². The fourth-order valence-electron chi connectivity index (χ4n) is 3.15. The highest BCUT2D eigenvalue weighted by atomic mass is 16.3. The Morgan fingerprint density at radius 3 is 2.56 bits per heavy atom. The summed E-state index contributed by atoms with van der Waals surface area (Å²) >= 11 is 0. The van der Waals surface area contributed by atoms with Gasteiger partial charge < -0.3 is 10.4 Å². The van der Waals surface area contributed by atoms with Crippen LogP contribution in [-0.2, 0) is 4.79 Å². The molecule has 1 amide bonds. The molecule has 2 aliphatic carbocycles. The molecule has 0 bridgehead atoms. The maximum absolute atomic E-state index is 11.9. The predicted octanol–water partition coefficient (Wildman–Crippen LogP) is 1.70. The van der Waals surface area contributed by atoms with Gasteiger partial charge in [0.15, 0.2) is 0 Å². The van der Waals surface area contributed by atoms with Crippen molar-refractivity contribution in [3.63, 3.8) is 0 Å². The van der Waals surface area contributed by atoms with Crippen LogP contribution < -0.4 is 5.32 Å². The summed E-state index contributed by atoms with van der Waals surface area (Å²) in [7, 11) is 0. The number of carbonyl (C=O) groups excluding carboxylic acids is 1. The fraction of sp³-hybridized carbons (Fsp3) is 0.923. The second-order valence-electron chi connectivity index (χ2n) is 5.33. The maximum atomic E-state index is 11.9. The summed E-state index contributed by atoms with van der Waals surface area (Å²) in [6, 6.07) is 0. The molecule has 2 N–H and O–H groups in total. The minimum atomic E-state index is -0.366. The predicted molar refractivity (Wildman–Crippen MR) is 62.9 cm³/mol. The first-order valence-corrected chi connectivity index (χ1v) is 6.69. The Morgan fingerprint density at radius 1 is 1.38 bits per heavy atom. The molecular weight excluding hydrogens is 202 g/mol. The molecule has 0 heterocycles. The van der Waals surface area contributed by atoms with Gasteiger partial charge in [-0.25, -0.2) is 0 Å². The second kappa shape index (κ2) is 5.17. The van der Waals surface area contributed by atoms with E-state index >= 15 is 0 Å². The number of aliphatic hydroxyl groups is 1. The summed E-state index contributed by atoms with van der Waals surface area (Å²) in [6.07, 6.45) is 6.44. The molecule has 0 aromatic carbocycles. The molecule has 0 spiro atoms. The SMILES string of the molecule is CCCC(O)CNC(=O)C1C2CCCCC21. The highest BCUT2D eigenvalue weighted by molar-refractivity contribution is 5.82. The van der Waals surface area contributed by atoms with Crippen LogP contribution in [0.2, 0.25) is 0 Å². The van der Waals surface area contributed by atoms with Crippen molar-refractivity contribution < 1.29 is 9.90 Å². The van der Waals surface area contributed by atoms with Gasteiger partial charge >= 0.3 is 0 Å². The molecule has 0 radical (unpaired) electrons. The number of carbonyl (C=O) groups is 1. The summed E-state index contributed by atoms with van der Waals surface area (Å²) < 4.78 is 0. The molecule has 0 aromatic rings. The lowest BCUT2D eigenvalue weighted by Gasteiger charge is -2.10. The van der Waals surface area contributed by atoms with Crippen LogP contribution in [0.25, 0.3) is 0 Å². The Labute approximate surface area is 97.6 Å².